The molecule has 3 N–H and O–H groups in total. The van der Waals surface area contributed by atoms with Crippen LogP contribution in [0.3, 0.4) is 0 Å². The van der Waals surface area contributed by atoms with Gasteiger partial charge in [0.2, 0.25) is 0 Å². The van der Waals surface area contributed by atoms with E-state index in [1.165, 1.54) is 5.56 Å². The third-order valence-electron chi connectivity index (χ3n) is 3.33. The molecular formula is C17H25N3O. The molecular weight excluding hydrogens is 262 g/mol. The molecule has 0 spiro atoms. The molecule has 0 aromatic heterocycles. The Kier molecular flexibility index (Phi) is 5.30. The Morgan fingerprint density at radius 3 is 2.05 bits per heavy atom. The molecule has 1 amide bonds. The smallest absolute Gasteiger partial charge is 0.259 e. The molecule has 21 heavy (non-hydrogen) atoms. The molecule has 0 bridgehead atoms. The highest BCUT2D eigenvalue weighted by molar-refractivity contribution is 6.25. The fraction of sp³-hybridized carbons (Fsp3) is 0.412. The van der Waals surface area contributed by atoms with Gasteiger partial charge in [0, 0.05) is 24.1 Å². The first-order chi connectivity index (χ1) is 9.66. The number of nitrogens with zero attached hydrogens (tertiary/aromatic N) is 1. The number of rotatable bonds is 3. The normalized spacial score (nSPS) is 13.7. The number of carbonyl (C=O) groups is 1. The molecule has 1 rings (SSSR count). The predicted molar refractivity (Wildman–Crippen MR) is 89.7 cm³/mol. The third kappa shape index (κ3) is 4.45. The van der Waals surface area contributed by atoms with E-state index in [-0.39, 0.29) is 11.3 Å². The molecule has 0 radical (unpaired) electrons. The van der Waals surface area contributed by atoms with Crippen molar-refractivity contribution in [3.8, 4) is 0 Å². The van der Waals surface area contributed by atoms with E-state index in [0.29, 0.717) is 17.0 Å². The number of hydrogen-bond donors (Lipinski definition) is 2. The van der Waals surface area contributed by atoms with Crippen LogP contribution in [0, 0.1) is 0 Å². The maximum Gasteiger partial charge on any atom is 0.259 e. The summed E-state index contributed by atoms with van der Waals surface area (Å²) in [5, 5.41) is 2.86. The van der Waals surface area contributed by atoms with E-state index < -0.39 is 0 Å². The molecule has 0 heterocycles. The van der Waals surface area contributed by atoms with Gasteiger partial charge in [0.25, 0.3) is 5.91 Å². The number of aliphatic imine (C=N–C) groups is 1. The van der Waals surface area contributed by atoms with Crippen LogP contribution < -0.4 is 11.1 Å². The number of nitrogens with one attached hydrogen (secondary N) is 1. The zero-order chi connectivity index (χ0) is 16.2. The molecule has 0 aliphatic heterocycles. The summed E-state index contributed by atoms with van der Waals surface area (Å²) in [5.41, 5.74) is 9.36. The second-order valence-electron chi connectivity index (χ2n) is 6.15. The minimum absolute atomic E-state index is 0.0902. The minimum Gasteiger partial charge on any atom is -0.402 e. The first kappa shape index (κ1) is 17.0. The number of hydrogen-bond acceptors (Lipinski definition) is 3. The lowest BCUT2D eigenvalue weighted by Crippen LogP contribution is -2.22. The fourth-order valence-electron chi connectivity index (χ4n) is 1.99. The molecule has 0 saturated carbocycles. The molecule has 0 atom stereocenters. The number of allylic oxidation sites excluding steroid dienone is 1. The third-order valence-corrected chi connectivity index (χ3v) is 3.33. The largest absolute Gasteiger partial charge is 0.402 e. The SMILES string of the molecule is CN=C(C)C(C(=O)Nc1ccc(C(C)(C)C)cc1)=C(C)N. The van der Waals surface area contributed by atoms with Crippen LogP contribution in [-0.2, 0) is 10.2 Å². The van der Waals surface area contributed by atoms with Crippen LogP contribution >= 0.6 is 0 Å². The Labute approximate surface area is 127 Å². The Hall–Kier alpha value is -2.10. The van der Waals surface area contributed by atoms with Crippen molar-refractivity contribution in [2.24, 2.45) is 10.7 Å². The molecule has 1 aromatic carbocycles. The van der Waals surface area contributed by atoms with Crippen molar-refractivity contribution in [3.05, 3.63) is 41.1 Å². The summed E-state index contributed by atoms with van der Waals surface area (Å²) in [5.74, 6) is -0.235. The van der Waals surface area contributed by atoms with Gasteiger partial charge in [-0.15, -0.1) is 0 Å². The zero-order valence-electron chi connectivity index (χ0n) is 13.7. The van der Waals surface area contributed by atoms with Gasteiger partial charge in [-0.05, 0) is 37.0 Å². The summed E-state index contributed by atoms with van der Waals surface area (Å²) in [6, 6.07) is 7.85. The van der Waals surface area contributed by atoms with Crippen LogP contribution in [0.1, 0.15) is 40.2 Å². The second-order valence-corrected chi connectivity index (χ2v) is 6.15. The van der Waals surface area contributed by atoms with Gasteiger partial charge in [-0.25, -0.2) is 0 Å². The van der Waals surface area contributed by atoms with Gasteiger partial charge in [-0.1, -0.05) is 32.9 Å². The molecule has 0 fully saturated rings. The lowest BCUT2D eigenvalue weighted by Gasteiger charge is -2.19. The van der Waals surface area contributed by atoms with Crippen LogP contribution in [0.15, 0.2) is 40.5 Å². The second kappa shape index (κ2) is 6.57. The van der Waals surface area contributed by atoms with E-state index in [0.717, 1.165) is 5.69 Å². The van der Waals surface area contributed by atoms with E-state index in [1.807, 2.05) is 24.3 Å². The standard InChI is InChI=1S/C17H25N3O/c1-11(18)15(12(2)19-6)16(21)20-14-9-7-13(8-10-14)17(3,4)5/h7-10H,18H2,1-6H3,(H,20,21). The van der Waals surface area contributed by atoms with E-state index in [9.17, 15) is 4.79 Å². The molecule has 0 unspecified atom stereocenters. The van der Waals surface area contributed by atoms with Crippen molar-refractivity contribution in [1.29, 1.82) is 0 Å². The molecule has 4 nitrogen and oxygen atoms in total. The van der Waals surface area contributed by atoms with Crippen molar-refractivity contribution in [3.63, 3.8) is 0 Å². The van der Waals surface area contributed by atoms with Crippen molar-refractivity contribution < 1.29 is 4.79 Å². The van der Waals surface area contributed by atoms with Gasteiger partial charge in [0.05, 0.1) is 5.57 Å². The maximum atomic E-state index is 12.3. The Morgan fingerprint density at radius 2 is 1.67 bits per heavy atom. The average Bonchev–Trinajstić information content (AvgIpc) is 2.37. The van der Waals surface area contributed by atoms with Crippen LogP contribution in [-0.4, -0.2) is 18.7 Å². The molecule has 1 aromatic rings. The van der Waals surface area contributed by atoms with Crippen molar-refractivity contribution in [1.82, 2.24) is 0 Å². The molecule has 4 heteroatoms. The Morgan fingerprint density at radius 1 is 1.14 bits per heavy atom. The topological polar surface area (TPSA) is 67.5 Å². The summed E-state index contributed by atoms with van der Waals surface area (Å²) in [7, 11) is 1.64. The minimum atomic E-state index is -0.235. The average molecular weight is 287 g/mol. The maximum absolute atomic E-state index is 12.3. The van der Waals surface area contributed by atoms with Gasteiger partial charge in [-0.3, -0.25) is 9.79 Å². The molecule has 0 saturated heterocycles. The lowest BCUT2D eigenvalue weighted by atomic mass is 9.87. The van der Waals surface area contributed by atoms with Gasteiger partial charge in [0.1, 0.15) is 0 Å². The molecule has 0 aliphatic rings. The number of carbonyl (C=O) groups excluding carboxylic acids is 1. The van der Waals surface area contributed by atoms with Crippen molar-refractivity contribution in [2.75, 3.05) is 12.4 Å². The zero-order valence-corrected chi connectivity index (χ0v) is 13.7. The number of anilines is 1. The molecule has 114 valence electrons. The summed E-state index contributed by atoms with van der Waals surface area (Å²) >= 11 is 0. The number of amides is 1. The molecule has 0 aliphatic carbocycles. The fourth-order valence-corrected chi connectivity index (χ4v) is 1.99. The van der Waals surface area contributed by atoms with Crippen molar-refractivity contribution in [2.45, 2.75) is 40.0 Å². The Balaban J connectivity index is 2.96. The summed E-state index contributed by atoms with van der Waals surface area (Å²) in [4.78, 5) is 16.3. The first-order valence-corrected chi connectivity index (χ1v) is 6.98. The van der Waals surface area contributed by atoms with E-state index in [2.05, 4.69) is 31.1 Å². The highest BCUT2D eigenvalue weighted by Gasteiger charge is 2.16. The van der Waals surface area contributed by atoms with E-state index >= 15 is 0 Å². The first-order valence-electron chi connectivity index (χ1n) is 6.98. The summed E-state index contributed by atoms with van der Waals surface area (Å²) in [6.07, 6.45) is 0. The number of benzene rings is 1. The van der Waals surface area contributed by atoms with Gasteiger partial charge >= 0.3 is 0 Å². The highest BCUT2D eigenvalue weighted by atomic mass is 16.1. The van der Waals surface area contributed by atoms with E-state index in [1.54, 1.807) is 20.9 Å². The lowest BCUT2D eigenvalue weighted by molar-refractivity contribution is -0.112. The van der Waals surface area contributed by atoms with Gasteiger partial charge in [0.15, 0.2) is 0 Å². The van der Waals surface area contributed by atoms with Crippen LogP contribution in [0.5, 0.6) is 0 Å². The van der Waals surface area contributed by atoms with E-state index in [4.69, 9.17) is 5.73 Å². The summed E-state index contributed by atoms with van der Waals surface area (Å²) < 4.78 is 0. The number of nitrogens with two attached hydrogens (primary N) is 1. The predicted octanol–water partition coefficient (Wildman–Crippen LogP) is 3.25. The summed E-state index contributed by atoms with van der Waals surface area (Å²) in [6.45, 7) is 9.93. The van der Waals surface area contributed by atoms with Crippen LogP contribution in [0.25, 0.3) is 0 Å². The van der Waals surface area contributed by atoms with Crippen LogP contribution in [0.2, 0.25) is 0 Å². The quantitative estimate of drug-likeness (QED) is 0.662. The highest BCUT2D eigenvalue weighted by Crippen LogP contribution is 2.23. The van der Waals surface area contributed by atoms with Crippen molar-refractivity contribution >= 4 is 17.3 Å². The van der Waals surface area contributed by atoms with Gasteiger partial charge < -0.3 is 11.1 Å². The van der Waals surface area contributed by atoms with Gasteiger partial charge in [-0.2, -0.15) is 0 Å². The van der Waals surface area contributed by atoms with Crippen LogP contribution in [0.4, 0.5) is 5.69 Å². The Bertz CT molecular complexity index is 571. The monoisotopic (exact) mass is 287 g/mol.